The van der Waals surface area contributed by atoms with E-state index < -0.39 is 5.97 Å². The highest BCUT2D eigenvalue weighted by Gasteiger charge is 2.06. The van der Waals surface area contributed by atoms with Gasteiger partial charge in [-0.1, -0.05) is 28.1 Å². The topological polar surface area (TPSA) is 46.5 Å². The van der Waals surface area contributed by atoms with Gasteiger partial charge >= 0.3 is 5.97 Å². The van der Waals surface area contributed by atoms with Crippen molar-refractivity contribution in [2.45, 2.75) is 6.92 Å². The van der Waals surface area contributed by atoms with E-state index in [1.165, 1.54) is 12.1 Å². The predicted octanol–water partition coefficient (Wildman–Crippen LogP) is 4.25. The molecule has 1 N–H and O–H groups in total. The van der Waals surface area contributed by atoms with Crippen LogP contribution in [0, 0.1) is 6.92 Å². The van der Waals surface area contributed by atoms with Crippen molar-refractivity contribution in [2.75, 3.05) is 0 Å². The molecule has 0 aliphatic carbocycles. The van der Waals surface area contributed by atoms with E-state index in [1.807, 2.05) is 25.1 Å². The smallest absolute Gasteiger partial charge is 0.335 e. The van der Waals surface area contributed by atoms with Crippen molar-refractivity contribution in [2.24, 2.45) is 0 Å². The highest BCUT2D eigenvalue weighted by atomic mass is 79.9. The quantitative estimate of drug-likeness (QED) is 0.922. The molecule has 18 heavy (non-hydrogen) atoms. The Morgan fingerprint density at radius 3 is 2.72 bits per heavy atom. The summed E-state index contributed by atoms with van der Waals surface area (Å²) in [6.45, 7) is 1.93. The van der Waals surface area contributed by atoms with E-state index in [0.717, 1.165) is 10.0 Å². The molecule has 0 radical (unpaired) electrons. The third-order valence-corrected chi connectivity index (χ3v) is 2.95. The molecule has 2 aromatic carbocycles. The second-order valence-electron chi connectivity index (χ2n) is 3.84. The molecule has 0 atom stereocenters. The van der Waals surface area contributed by atoms with Crippen LogP contribution in [0.1, 0.15) is 15.9 Å². The van der Waals surface area contributed by atoms with Crippen LogP contribution in [-0.4, -0.2) is 11.1 Å². The second kappa shape index (κ2) is 5.23. The number of carbonyl (C=O) groups is 1. The largest absolute Gasteiger partial charge is 0.478 e. The van der Waals surface area contributed by atoms with E-state index in [4.69, 9.17) is 9.84 Å². The maximum Gasteiger partial charge on any atom is 0.335 e. The van der Waals surface area contributed by atoms with Crippen LogP contribution in [-0.2, 0) is 0 Å². The Balaban J connectivity index is 2.31. The summed E-state index contributed by atoms with van der Waals surface area (Å²) in [4.78, 5) is 10.9. The molecule has 0 bridgehead atoms. The van der Waals surface area contributed by atoms with Gasteiger partial charge in [-0.2, -0.15) is 0 Å². The molecule has 0 saturated carbocycles. The first-order chi connectivity index (χ1) is 8.56. The number of carboxylic acid groups (broad SMARTS) is 1. The molecule has 0 aliphatic heterocycles. The van der Waals surface area contributed by atoms with Gasteiger partial charge in [-0.25, -0.2) is 4.79 Å². The number of hydrogen-bond donors (Lipinski definition) is 1. The number of halogens is 1. The zero-order valence-electron chi connectivity index (χ0n) is 9.68. The van der Waals surface area contributed by atoms with Gasteiger partial charge < -0.3 is 9.84 Å². The molecular formula is C14H11BrO3. The summed E-state index contributed by atoms with van der Waals surface area (Å²) in [6, 6.07) is 12.1. The number of carboxylic acids is 1. The van der Waals surface area contributed by atoms with Gasteiger partial charge in [0.1, 0.15) is 11.5 Å². The SMILES string of the molecule is Cc1ccc(Br)cc1Oc1cccc(C(=O)O)c1. The number of ether oxygens (including phenoxy) is 1. The molecule has 0 saturated heterocycles. The first-order valence-electron chi connectivity index (χ1n) is 5.33. The third kappa shape index (κ3) is 2.90. The Kier molecular flexibility index (Phi) is 3.67. The molecule has 2 rings (SSSR count). The first kappa shape index (κ1) is 12.6. The van der Waals surface area contributed by atoms with Crippen molar-refractivity contribution in [3.8, 4) is 11.5 Å². The van der Waals surface area contributed by atoms with Gasteiger partial charge in [-0.15, -0.1) is 0 Å². The standard InChI is InChI=1S/C14H11BrO3/c1-9-5-6-11(15)8-13(9)18-12-4-2-3-10(7-12)14(16)17/h2-8H,1H3,(H,16,17). The summed E-state index contributed by atoms with van der Waals surface area (Å²) in [5.41, 5.74) is 1.19. The lowest BCUT2D eigenvalue weighted by Crippen LogP contribution is -1.96. The Bertz CT molecular complexity index is 593. The summed E-state index contributed by atoms with van der Waals surface area (Å²) in [6.07, 6.45) is 0. The molecule has 0 unspecified atom stereocenters. The summed E-state index contributed by atoms with van der Waals surface area (Å²) in [5, 5.41) is 8.91. The number of hydrogen-bond acceptors (Lipinski definition) is 2. The van der Waals surface area contributed by atoms with Crippen LogP contribution >= 0.6 is 15.9 Å². The fraction of sp³-hybridized carbons (Fsp3) is 0.0714. The minimum absolute atomic E-state index is 0.208. The first-order valence-corrected chi connectivity index (χ1v) is 6.13. The zero-order chi connectivity index (χ0) is 13.1. The van der Waals surface area contributed by atoms with Crippen LogP contribution in [0.4, 0.5) is 0 Å². The highest BCUT2D eigenvalue weighted by molar-refractivity contribution is 9.10. The molecule has 0 aliphatic rings. The Morgan fingerprint density at radius 1 is 1.22 bits per heavy atom. The van der Waals surface area contributed by atoms with Crippen molar-refractivity contribution < 1.29 is 14.6 Å². The number of rotatable bonds is 3. The number of aromatic carboxylic acids is 1. The fourth-order valence-corrected chi connectivity index (χ4v) is 1.84. The Morgan fingerprint density at radius 2 is 2.00 bits per heavy atom. The fourth-order valence-electron chi connectivity index (χ4n) is 1.50. The van der Waals surface area contributed by atoms with E-state index >= 15 is 0 Å². The normalized spacial score (nSPS) is 10.1. The molecule has 0 spiro atoms. The zero-order valence-corrected chi connectivity index (χ0v) is 11.3. The van der Waals surface area contributed by atoms with Crippen LogP contribution < -0.4 is 4.74 Å². The van der Waals surface area contributed by atoms with Crippen molar-refractivity contribution in [1.82, 2.24) is 0 Å². The maximum absolute atomic E-state index is 10.9. The van der Waals surface area contributed by atoms with Crippen LogP contribution in [0.15, 0.2) is 46.9 Å². The van der Waals surface area contributed by atoms with E-state index in [9.17, 15) is 4.79 Å². The predicted molar refractivity (Wildman–Crippen MR) is 72.4 cm³/mol. The van der Waals surface area contributed by atoms with Gasteiger partial charge in [0.05, 0.1) is 5.56 Å². The number of aryl methyl sites for hydroxylation is 1. The van der Waals surface area contributed by atoms with Crippen LogP contribution in [0.2, 0.25) is 0 Å². The van der Waals surface area contributed by atoms with Crippen molar-refractivity contribution in [3.05, 3.63) is 58.1 Å². The van der Waals surface area contributed by atoms with Gasteiger partial charge in [-0.3, -0.25) is 0 Å². The Hall–Kier alpha value is -1.81. The molecule has 0 heterocycles. The molecule has 0 amide bonds. The summed E-state index contributed by atoms with van der Waals surface area (Å²) < 4.78 is 6.60. The Labute approximate surface area is 113 Å². The molecule has 0 fully saturated rings. The average molecular weight is 307 g/mol. The third-order valence-electron chi connectivity index (χ3n) is 2.46. The van der Waals surface area contributed by atoms with E-state index in [0.29, 0.717) is 11.5 Å². The molecular weight excluding hydrogens is 296 g/mol. The summed E-state index contributed by atoms with van der Waals surface area (Å²) in [5.74, 6) is 0.245. The maximum atomic E-state index is 10.9. The van der Waals surface area contributed by atoms with Crippen molar-refractivity contribution in [1.29, 1.82) is 0 Å². The minimum atomic E-state index is -0.966. The summed E-state index contributed by atoms with van der Waals surface area (Å²) in [7, 11) is 0. The van der Waals surface area contributed by atoms with Gasteiger partial charge in [-0.05, 0) is 42.8 Å². The van der Waals surface area contributed by atoms with Gasteiger partial charge in [0.25, 0.3) is 0 Å². The van der Waals surface area contributed by atoms with Gasteiger partial charge in [0.2, 0.25) is 0 Å². The minimum Gasteiger partial charge on any atom is -0.478 e. The highest BCUT2D eigenvalue weighted by Crippen LogP contribution is 2.28. The average Bonchev–Trinajstić information content (AvgIpc) is 2.34. The monoisotopic (exact) mass is 306 g/mol. The molecule has 2 aromatic rings. The van der Waals surface area contributed by atoms with Crippen LogP contribution in [0.25, 0.3) is 0 Å². The van der Waals surface area contributed by atoms with Crippen molar-refractivity contribution in [3.63, 3.8) is 0 Å². The van der Waals surface area contributed by atoms with E-state index in [-0.39, 0.29) is 5.56 Å². The van der Waals surface area contributed by atoms with Gasteiger partial charge in [0.15, 0.2) is 0 Å². The van der Waals surface area contributed by atoms with Crippen molar-refractivity contribution >= 4 is 21.9 Å². The lowest BCUT2D eigenvalue weighted by Gasteiger charge is -2.09. The summed E-state index contributed by atoms with van der Waals surface area (Å²) >= 11 is 3.37. The lowest BCUT2D eigenvalue weighted by molar-refractivity contribution is 0.0696. The van der Waals surface area contributed by atoms with Crippen LogP contribution in [0.3, 0.4) is 0 Å². The van der Waals surface area contributed by atoms with Gasteiger partial charge in [0, 0.05) is 4.47 Å². The second-order valence-corrected chi connectivity index (χ2v) is 4.76. The van der Waals surface area contributed by atoms with E-state index in [2.05, 4.69) is 15.9 Å². The number of benzene rings is 2. The molecule has 92 valence electrons. The van der Waals surface area contributed by atoms with Crippen LogP contribution in [0.5, 0.6) is 11.5 Å². The lowest BCUT2D eigenvalue weighted by atomic mass is 10.2. The molecule has 3 nitrogen and oxygen atoms in total. The molecule has 0 aromatic heterocycles. The van der Waals surface area contributed by atoms with E-state index in [1.54, 1.807) is 12.1 Å². The molecule has 4 heteroatoms.